The molecule has 0 spiro atoms. The van der Waals surface area contributed by atoms with Crippen molar-refractivity contribution in [1.82, 2.24) is 0 Å². The van der Waals surface area contributed by atoms with Crippen LogP contribution in [0.5, 0.6) is 0 Å². The maximum absolute atomic E-state index is 9.83. The van der Waals surface area contributed by atoms with Crippen molar-refractivity contribution >= 4 is 0 Å². The molecule has 0 aromatic carbocycles. The van der Waals surface area contributed by atoms with Crippen LogP contribution in [0.3, 0.4) is 0 Å². The van der Waals surface area contributed by atoms with Gasteiger partial charge in [0.2, 0.25) is 0 Å². The van der Waals surface area contributed by atoms with Crippen LogP contribution in [0.1, 0.15) is 53.4 Å². The molecule has 1 unspecified atom stereocenters. The van der Waals surface area contributed by atoms with Crippen LogP contribution in [-0.2, 0) is 0 Å². The molecule has 0 aliphatic rings. The van der Waals surface area contributed by atoms with Gasteiger partial charge in [-0.25, -0.2) is 0 Å². The quantitative estimate of drug-likeness (QED) is 0.500. The molecule has 0 rings (SSSR count). The Morgan fingerprint density at radius 3 is 2.12 bits per heavy atom. The fraction of sp³-hybridized carbons (Fsp3) is 0.600. The average Bonchev–Trinajstić information content (AvgIpc) is 2.26. The minimum Gasteiger partial charge on any atom is -0.389 e. The van der Waals surface area contributed by atoms with Gasteiger partial charge in [0.1, 0.15) is 0 Å². The van der Waals surface area contributed by atoms with Gasteiger partial charge in [-0.15, -0.1) is 0 Å². The normalized spacial score (nSPS) is 13.6. The zero-order chi connectivity index (χ0) is 12.4. The summed E-state index contributed by atoms with van der Waals surface area (Å²) in [7, 11) is 0. The molecule has 0 aromatic rings. The first kappa shape index (κ1) is 15.2. The van der Waals surface area contributed by atoms with Crippen molar-refractivity contribution in [2.24, 2.45) is 0 Å². The number of allylic oxidation sites excluding steroid dienone is 5. The van der Waals surface area contributed by atoms with Crippen LogP contribution in [0.15, 0.2) is 35.5 Å². The summed E-state index contributed by atoms with van der Waals surface area (Å²) in [6, 6.07) is 0. The van der Waals surface area contributed by atoms with E-state index in [2.05, 4.69) is 24.3 Å². The van der Waals surface area contributed by atoms with Gasteiger partial charge in [0.25, 0.3) is 0 Å². The lowest BCUT2D eigenvalue weighted by atomic mass is 10.0. The fourth-order valence-corrected chi connectivity index (χ4v) is 1.40. The summed E-state index contributed by atoms with van der Waals surface area (Å²) in [5, 5.41) is 9.83. The van der Waals surface area contributed by atoms with E-state index in [1.54, 1.807) is 0 Å². The summed E-state index contributed by atoms with van der Waals surface area (Å²) >= 11 is 0. The van der Waals surface area contributed by atoms with Crippen molar-refractivity contribution in [2.75, 3.05) is 0 Å². The first-order valence-electron chi connectivity index (χ1n) is 6.17. The Hall–Kier alpha value is -0.820. The highest BCUT2D eigenvalue weighted by molar-refractivity contribution is 5.11. The highest BCUT2D eigenvalue weighted by Gasteiger charge is 2.05. The SMILES string of the molecule is CC=CCCC=CCCC(O)C(C)=C(C)C. The second-order valence-corrected chi connectivity index (χ2v) is 4.39. The Balaban J connectivity index is 3.70. The van der Waals surface area contributed by atoms with Crippen LogP contribution in [-0.4, -0.2) is 11.2 Å². The molecule has 0 saturated carbocycles. The summed E-state index contributed by atoms with van der Waals surface area (Å²) in [5.74, 6) is 0. The number of aliphatic hydroxyl groups excluding tert-OH is 1. The van der Waals surface area contributed by atoms with Gasteiger partial charge in [0, 0.05) is 0 Å². The van der Waals surface area contributed by atoms with E-state index in [0.717, 1.165) is 31.3 Å². The Kier molecular flexibility index (Phi) is 8.93. The highest BCUT2D eigenvalue weighted by Crippen LogP contribution is 2.12. The third-order valence-electron chi connectivity index (χ3n) is 2.80. The van der Waals surface area contributed by atoms with Gasteiger partial charge in [-0.2, -0.15) is 0 Å². The maximum atomic E-state index is 9.83. The molecule has 1 nitrogen and oxygen atoms in total. The largest absolute Gasteiger partial charge is 0.389 e. The van der Waals surface area contributed by atoms with Crippen molar-refractivity contribution in [2.45, 2.75) is 59.5 Å². The lowest BCUT2D eigenvalue weighted by molar-refractivity contribution is 0.200. The first-order valence-corrected chi connectivity index (χ1v) is 6.17. The molecule has 0 aromatic heterocycles. The predicted molar refractivity (Wildman–Crippen MR) is 72.5 cm³/mol. The summed E-state index contributed by atoms with van der Waals surface area (Å²) in [6.45, 7) is 8.15. The fourth-order valence-electron chi connectivity index (χ4n) is 1.40. The third kappa shape index (κ3) is 7.47. The average molecular weight is 222 g/mol. The van der Waals surface area contributed by atoms with Crippen LogP contribution >= 0.6 is 0 Å². The Labute approximate surface area is 101 Å². The van der Waals surface area contributed by atoms with E-state index in [1.165, 1.54) is 5.57 Å². The van der Waals surface area contributed by atoms with Gasteiger partial charge in [-0.3, -0.25) is 0 Å². The van der Waals surface area contributed by atoms with Crippen molar-refractivity contribution in [3.8, 4) is 0 Å². The number of aliphatic hydroxyl groups is 1. The summed E-state index contributed by atoms with van der Waals surface area (Å²) in [6.07, 6.45) is 12.4. The van der Waals surface area contributed by atoms with Crippen molar-refractivity contribution < 1.29 is 5.11 Å². The lowest BCUT2D eigenvalue weighted by Gasteiger charge is -2.11. The molecular weight excluding hydrogens is 196 g/mol. The molecule has 0 radical (unpaired) electrons. The van der Waals surface area contributed by atoms with E-state index in [-0.39, 0.29) is 6.10 Å². The smallest absolute Gasteiger partial charge is 0.0752 e. The molecule has 1 heteroatoms. The van der Waals surface area contributed by atoms with E-state index < -0.39 is 0 Å². The van der Waals surface area contributed by atoms with E-state index >= 15 is 0 Å². The minimum absolute atomic E-state index is 0.273. The molecule has 0 bridgehead atoms. The van der Waals surface area contributed by atoms with Crippen molar-refractivity contribution in [3.05, 3.63) is 35.5 Å². The van der Waals surface area contributed by atoms with Gasteiger partial charge in [-0.1, -0.05) is 29.9 Å². The molecule has 92 valence electrons. The molecule has 0 saturated heterocycles. The zero-order valence-corrected chi connectivity index (χ0v) is 11.2. The van der Waals surface area contributed by atoms with E-state index in [4.69, 9.17) is 0 Å². The number of rotatable bonds is 7. The number of hydrogen-bond acceptors (Lipinski definition) is 1. The third-order valence-corrected chi connectivity index (χ3v) is 2.80. The first-order chi connectivity index (χ1) is 7.59. The maximum Gasteiger partial charge on any atom is 0.0752 e. The number of hydrogen-bond donors (Lipinski definition) is 1. The molecule has 0 fully saturated rings. The molecule has 0 aliphatic carbocycles. The molecule has 0 heterocycles. The minimum atomic E-state index is -0.273. The summed E-state index contributed by atoms with van der Waals surface area (Å²) in [5.41, 5.74) is 2.34. The monoisotopic (exact) mass is 222 g/mol. The second kappa shape index (κ2) is 9.41. The Morgan fingerprint density at radius 1 is 1.00 bits per heavy atom. The molecule has 16 heavy (non-hydrogen) atoms. The van der Waals surface area contributed by atoms with Crippen LogP contribution in [0, 0.1) is 0 Å². The second-order valence-electron chi connectivity index (χ2n) is 4.39. The number of unbranched alkanes of at least 4 members (excludes halogenated alkanes) is 1. The molecule has 1 N–H and O–H groups in total. The lowest BCUT2D eigenvalue weighted by Crippen LogP contribution is -2.08. The van der Waals surface area contributed by atoms with Gasteiger partial charge >= 0.3 is 0 Å². The predicted octanol–water partition coefficient (Wildman–Crippen LogP) is 4.40. The van der Waals surface area contributed by atoms with Crippen LogP contribution < -0.4 is 0 Å². The zero-order valence-electron chi connectivity index (χ0n) is 11.2. The van der Waals surface area contributed by atoms with Crippen LogP contribution in [0.25, 0.3) is 0 Å². The summed E-state index contributed by atoms with van der Waals surface area (Å²) in [4.78, 5) is 0. The van der Waals surface area contributed by atoms with Gasteiger partial charge in [-0.05, 0) is 59.0 Å². The van der Waals surface area contributed by atoms with Crippen LogP contribution in [0.2, 0.25) is 0 Å². The van der Waals surface area contributed by atoms with Gasteiger partial charge in [0.05, 0.1) is 6.10 Å². The molecular formula is C15H26O. The topological polar surface area (TPSA) is 20.2 Å². The van der Waals surface area contributed by atoms with Gasteiger partial charge < -0.3 is 5.11 Å². The summed E-state index contributed by atoms with van der Waals surface area (Å²) < 4.78 is 0. The van der Waals surface area contributed by atoms with Crippen LogP contribution in [0.4, 0.5) is 0 Å². The molecule has 0 aliphatic heterocycles. The molecule has 1 atom stereocenters. The van der Waals surface area contributed by atoms with Gasteiger partial charge in [0.15, 0.2) is 0 Å². The van der Waals surface area contributed by atoms with Crippen molar-refractivity contribution in [1.29, 1.82) is 0 Å². The highest BCUT2D eigenvalue weighted by atomic mass is 16.3. The van der Waals surface area contributed by atoms with E-state index in [9.17, 15) is 5.11 Å². The standard InChI is InChI=1S/C15H26O/c1-5-6-7-8-9-10-11-12-15(16)14(4)13(2)3/h5-6,9-10,15-16H,7-8,11-12H2,1-4H3. The van der Waals surface area contributed by atoms with Crippen molar-refractivity contribution in [3.63, 3.8) is 0 Å². The molecule has 0 amide bonds. The Morgan fingerprint density at radius 2 is 1.56 bits per heavy atom. The van der Waals surface area contributed by atoms with E-state index in [1.807, 2.05) is 27.7 Å². The Bertz CT molecular complexity index is 255. The van der Waals surface area contributed by atoms with E-state index in [0.29, 0.717) is 0 Å².